The number of anilines is 1. The molecule has 1 aliphatic rings. The van der Waals surface area contributed by atoms with Gasteiger partial charge in [0.2, 0.25) is 10.0 Å². The highest BCUT2D eigenvalue weighted by molar-refractivity contribution is 7.89. The fourth-order valence-corrected chi connectivity index (χ4v) is 5.39. The van der Waals surface area contributed by atoms with E-state index in [2.05, 4.69) is 0 Å². The summed E-state index contributed by atoms with van der Waals surface area (Å²) in [5.74, 6) is -0.474. The monoisotopic (exact) mass is 461 g/mol. The van der Waals surface area contributed by atoms with Crippen LogP contribution in [-0.2, 0) is 21.2 Å². The second-order valence-electron chi connectivity index (χ2n) is 7.54. The lowest BCUT2D eigenvalue weighted by Crippen LogP contribution is -2.44. The molecule has 1 amide bonds. The van der Waals surface area contributed by atoms with Crippen LogP contribution < -0.4 is 9.64 Å². The van der Waals surface area contributed by atoms with E-state index in [1.165, 1.54) is 16.4 Å². The minimum absolute atomic E-state index is 0.0300. The summed E-state index contributed by atoms with van der Waals surface area (Å²) in [5.41, 5.74) is 1.38. The zero-order chi connectivity index (χ0) is 23.5. The van der Waals surface area contributed by atoms with Crippen LogP contribution in [0.4, 0.5) is 11.4 Å². The van der Waals surface area contributed by atoms with Gasteiger partial charge in [-0.3, -0.25) is 14.9 Å². The van der Waals surface area contributed by atoms with E-state index in [1.807, 2.05) is 31.2 Å². The molecule has 1 heterocycles. The van der Waals surface area contributed by atoms with Crippen LogP contribution in [0.15, 0.2) is 47.4 Å². The number of para-hydroxylation sites is 1. The average Bonchev–Trinajstić information content (AvgIpc) is 2.77. The predicted octanol–water partition coefficient (Wildman–Crippen LogP) is 3.37. The third-order valence-electron chi connectivity index (χ3n) is 5.61. The third-order valence-corrected chi connectivity index (χ3v) is 7.66. The number of aryl methyl sites for hydroxylation is 1. The quantitative estimate of drug-likeness (QED) is 0.440. The van der Waals surface area contributed by atoms with Crippen molar-refractivity contribution < 1.29 is 22.9 Å². The van der Waals surface area contributed by atoms with Gasteiger partial charge >= 0.3 is 5.69 Å². The molecule has 0 aliphatic carbocycles. The number of nitro benzene ring substituents is 1. The molecule has 0 saturated heterocycles. The Bertz CT molecular complexity index is 1110. The highest BCUT2D eigenvalue weighted by Gasteiger charge is 2.30. The molecule has 0 fully saturated rings. The van der Waals surface area contributed by atoms with Gasteiger partial charge in [0.1, 0.15) is 0 Å². The van der Waals surface area contributed by atoms with Crippen molar-refractivity contribution in [2.24, 2.45) is 0 Å². The average molecular weight is 462 g/mol. The molecule has 0 N–H and O–H groups in total. The van der Waals surface area contributed by atoms with E-state index in [4.69, 9.17) is 4.74 Å². The number of nitro groups is 1. The standard InChI is InChI=1S/C22H27N3O6S/c1-4-23(5-2)32(29,30)18-12-13-21(20(14-18)25(27)28)31-15-22(26)24-16(3)10-11-17-8-6-7-9-19(17)24/h6-9,12-14,16H,4-5,10-11,15H2,1-3H3. The number of sulfonamides is 1. The normalized spacial score (nSPS) is 16.0. The zero-order valence-electron chi connectivity index (χ0n) is 18.4. The predicted molar refractivity (Wildman–Crippen MR) is 120 cm³/mol. The lowest BCUT2D eigenvalue weighted by Gasteiger charge is -2.35. The number of hydrogen-bond acceptors (Lipinski definition) is 6. The van der Waals surface area contributed by atoms with Crippen molar-refractivity contribution in [1.82, 2.24) is 4.31 Å². The van der Waals surface area contributed by atoms with Crippen molar-refractivity contribution in [2.75, 3.05) is 24.6 Å². The lowest BCUT2D eigenvalue weighted by atomic mass is 9.96. The Labute approximate surface area is 187 Å². The number of rotatable bonds is 8. The molecule has 3 rings (SSSR count). The molecule has 2 aromatic carbocycles. The smallest absolute Gasteiger partial charge is 0.312 e. The maximum atomic E-state index is 12.9. The van der Waals surface area contributed by atoms with Crippen LogP contribution in [0.3, 0.4) is 0 Å². The first-order chi connectivity index (χ1) is 15.2. The third kappa shape index (κ3) is 4.61. The molecule has 0 radical (unpaired) electrons. The molecule has 0 aromatic heterocycles. The molecular formula is C22H27N3O6S. The Balaban J connectivity index is 1.84. The van der Waals surface area contributed by atoms with Crippen molar-refractivity contribution in [3.8, 4) is 5.75 Å². The van der Waals surface area contributed by atoms with Gasteiger partial charge in [-0.1, -0.05) is 32.0 Å². The van der Waals surface area contributed by atoms with Crippen molar-refractivity contribution in [3.05, 3.63) is 58.1 Å². The van der Waals surface area contributed by atoms with Crippen molar-refractivity contribution in [3.63, 3.8) is 0 Å². The molecule has 0 bridgehead atoms. The first-order valence-electron chi connectivity index (χ1n) is 10.5. The SMILES string of the molecule is CCN(CC)S(=O)(=O)c1ccc(OCC(=O)N2c3ccccc3CCC2C)c([N+](=O)[O-])c1. The Hall–Kier alpha value is -2.98. The molecule has 2 aromatic rings. The molecule has 32 heavy (non-hydrogen) atoms. The van der Waals surface area contributed by atoms with Gasteiger partial charge in [-0.05, 0) is 43.5 Å². The largest absolute Gasteiger partial charge is 0.477 e. The summed E-state index contributed by atoms with van der Waals surface area (Å²) in [6.45, 7) is 5.42. The first kappa shape index (κ1) is 23.7. The topological polar surface area (TPSA) is 110 Å². The fourth-order valence-electron chi connectivity index (χ4n) is 3.91. The van der Waals surface area contributed by atoms with E-state index in [9.17, 15) is 23.3 Å². The number of nitrogens with zero attached hydrogens (tertiary/aromatic N) is 3. The van der Waals surface area contributed by atoms with Crippen LogP contribution >= 0.6 is 0 Å². The van der Waals surface area contributed by atoms with E-state index in [0.717, 1.165) is 30.2 Å². The summed E-state index contributed by atoms with van der Waals surface area (Å²) < 4.78 is 32.1. The molecule has 0 spiro atoms. The van der Waals surface area contributed by atoms with E-state index in [1.54, 1.807) is 18.7 Å². The minimum atomic E-state index is -3.86. The second-order valence-corrected chi connectivity index (χ2v) is 9.48. The van der Waals surface area contributed by atoms with Gasteiger partial charge in [0.25, 0.3) is 5.91 Å². The summed E-state index contributed by atoms with van der Waals surface area (Å²) >= 11 is 0. The number of carbonyl (C=O) groups is 1. The summed E-state index contributed by atoms with van der Waals surface area (Å²) in [5, 5.41) is 11.6. The first-order valence-corrected chi connectivity index (χ1v) is 12.0. The zero-order valence-corrected chi connectivity index (χ0v) is 19.2. The minimum Gasteiger partial charge on any atom is -0.477 e. The molecule has 172 valence electrons. The molecule has 1 atom stereocenters. The van der Waals surface area contributed by atoms with Gasteiger partial charge in [0.15, 0.2) is 12.4 Å². The Morgan fingerprint density at radius 2 is 1.91 bits per heavy atom. The Morgan fingerprint density at radius 3 is 2.56 bits per heavy atom. The van der Waals surface area contributed by atoms with Crippen LogP contribution in [0.25, 0.3) is 0 Å². The number of benzene rings is 2. The van der Waals surface area contributed by atoms with Gasteiger partial charge in [-0.2, -0.15) is 4.31 Å². The van der Waals surface area contributed by atoms with Gasteiger partial charge in [-0.15, -0.1) is 0 Å². The van der Waals surface area contributed by atoms with Crippen LogP contribution in [0, 0.1) is 10.1 Å². The van der Waals surface area contributed by atoms with Crippen LogP contribution in [0.1, 0.15) is 32.8 Å². The van der Waals surface area contributed by atoms with Crippen LogP contribution in [0.2, 0.25) is 0 Å². The number of amides is 1. The van der Waals surface area contributed by atoms with Crippen molar-refractivity contribution in [1.29, 1.82) is 0 Å². The van der Waals surface area contributed by atoms with Crippen LogP contribution in [0.5, 0.6) is 5.75 Å². The fraction of sp³-hybridized carbons (Fsp3) is 0.409. The highest BCUT2D eigenvalue weighted by atomic mass is 32.2. The Morgan fingerprint density at radius 1 is 1.22 bits per heavy atom. The van der Waals surface area contributed by atoms with Crippen molar-refractivity contribution in [2.45, 2.75) is 44.6 Å². The highest BCUT2D eigenvalue weighted by Crippen LogP contribution is 2.33. The maximum absolute atomic E-state index is 12.9. The number of hydrogen-bond donors (Lipinski definition) is 0. The molecule has 1 unspecified atom stereocenters. The number of carbonyl (C=O) groups excluding carboxylic acids is 1. The second kappa shape index (κ2) is 9.66. The van der Waals surface area contributed by atoms with Gasteiger partial charge in [-0.25, -0.2) is 8.42 Å². The Kier molecular flexibility index (Phi) is 7.15. The van der Waals surface area contributed by atoms with E-state index in [0.29, 0.717) is 0 Å². The summed E-state index contributed by atoms with van der Waals surface area (Å²) in [6, 6.07) is 11.1. The lowest BCUT2D eigenvalue weighted by molar-refractivity contribution is -0.386. The van der Waals surface area contributed by atoms with E-state index in [-0.39, 0.29) is 35.7 Å². The summed E-state index contributed by atoms with van der Waals surface area (Å²) in [4.78, 5) is 25.3. The molecule has 1 aliphatic heterocycles. The molecule has 10 heteroatoms. The molecule has 0 saturated carbocycles. The van der Waals surface area contributed by atoms with Gasteiger partial charge in [0, 0.05) is 30.9 Å². The molecular weight excluding hydrogens is 434 g/mol. The molecule has 9 nitrogen and oxygen atoms in total. The van der Waals surface area contributed by atoms with Gasteiger partial charge in [0.05, 0.1) is 9.82 Å². The van der Waals surface area contributed by atoms with E-state index < -0.39 is 27.2 Å². The van der Waals surface area contributed by atoms with Gasteiger partial charge < -0.3 is 9.64 Å². The maximum Gasteiger partial charge on any atom is 0.312 e. The van der Waals surface area contributed by atoms with Crippen LogP contribution in [-0.4, -0.2) is 49.3 Å². The summed E-state index contributed by atoms with van der Waals surface area (Å²) in [6.07, 6.45) is 1.68. The summed E-state index contributed by atoms with van der Waals surface area (Å²) in [7, 11) is -3.86. The number of ether oxygens (including phenoxy) is 1. The van der Waals surface area contributed by atoms with Crippen molar-refractivity contribution >= 4 is 27.3 Å². The van der Waals surface area contributed by atoms with E-state index >= 15 is 0 Å². The number of fused-ring (bicyclic) bond motifs is 1.